The molecular formula is C12H11Br2N3O2S. The topological polar surface area (TPSA) is 85.1 Å². The Balaban J connectivity index is 2.44. The molecule has 0 aliphatic heterocycles. The van der Waals surface area contributed by atoms with Crippen LogP contribution >= 0.6 is 31.9 Å². The van der Waals surface area contributed by atoms with Gasteiger partial charge in [-0.1, -0.05) is 15.9 Å². The predicted octanol–water partition coefficient (Wildman–Crippen LogP) is 3.30. The first-order chi connectivity index (χ1) is 9.29. The molecule has 0 saturated heterocycles. The average Bonchev–Trinajstić information content (AvgIpc) is 2.34. The first-order valence-electron chi connectivity index (χ1n) is 5.48. The standard InChI is InChI=1S/C12H11Br2N3O2S/c1-7-2-8(13)4-11(15)12(7)17-20(18,19)10-3-9(14)5-16-6-10/h2-6,17H,15H2,1H3. The summed E-state index contributed by atoms with van der Waals surface area (Å²) in [6.45, 7) is 1.78. The normalized spacial score (nSPS) is 11.3. The quantitative estimate of drug-likeness (QED) is 0.746. The number of sulfonamides is 1. The molecule has 0 unspecified atom stereocenters. The summed E-state index contributed by atoms with van der Waals surface area (Å²) in [7, 11) is -3.73. The number of aryl methyl sites for hydroxylation is 1. The van der Waals surface area contributed by atoms with Crippen LogP contribution in [0.15, 0.2) is 44.4 Å². The molecule has 106 valence electrons. The molecular weight excluding hydrogens is 410 g/mol. The Morgan fingerprint density at radius 3 is 2.45 bits per heavy atom. The Hall–Kier alpha value is -1.12. The Morgan fingerprint density at radius 2 is 1.85 bits per heavy atom. The third-order valence-corrected chi connectivity index (χ3v) is 4.77. The van der Waals surface area contributed by atoms with Crippen LogP contribution in [0.5, 0.6) is 0 Å². The fourth-order valence-electron chi connectivity index (χ4n) is 1.64. The molecule has 0 amide bonds. The Bertz CT molecular complexity index is 740. The van der Waals surface area contributed by atoms with E-state index < -0.39 is 10.0 Å². The number of pyridine rings is 1. The highest BCUT2D eigenvalue weighted by Crippen LogP contribution is 2.30. The van der Waals surface area contributed by atoms with E-state index >= 15 is 0 Å². The minimum atomic E-state index is -3.73. The summed E-state index contributed by atoms with van der Waals surface area (Å²) < 4.78 is 28.5. The number of nitrogens with one attached hydrogen (secondary N) is 1. The second-order valence-electron chi connectivity index (χ2n) is 4.13. The van der Waals surface area contributed by atoms with E-state index in [4.69, 9.17) is 5.73 Å². The van der Waals surface area contributed by atoms with Crippen molar-refractivity contribution < 1.29 is 8.42 Å². The summed E-state index contributed by atoms with van der Waals surface area (Å²) in [5.74, 6) is 0. The van der Waals surface area contributed by atoms with E-state index in [-0.39, 0.29) is 4.90 Å². The second-order valence-corrected chi connectivity index (χ2v) is 7.65. The highest BCUT2D eigenvalue weighted by Gasteiger charge is 2.18. The number of nitrogen functional groups attached to an aromatic ring is 1. The number of halogens is 2. The van der Waals surface area contributed by atoms with Crippen molar-refractivity contribution in [2.45, 2.75) is 11.8 Å². The van der Waals surface area contributed by atoms with E-state index in [0.29, 0.717) is 15.8 Å². The van der Waals surface area contributed by atoms with Crippen molar-refractivity contribution in [1.82, 2.24) is 4.98 Å². The van der Waals surface area contributed by atoms with E-state index in [1.54, 1.807) is 19.1 Å². The molecule has 3 N–H and O–H groups in total. The molecule has 0 spiro atoms. The van der Waals surface area contributed by atoms with Crippen molar-refractivity contribution in [3.63, 3.8) is 0 Å². The molecule has 0 bridgehead atoms. The zero-order valence-electron chi connectivity index (χ0n) is 10.4. The fourth-order valence-corrected chi connectivity index (χ4v) is 3.89. The third kappa shape index (κ3) is 3.31. The second kappa shape index (κ2) is 5.71. The van der Waals surface area contributed by atoms with Crippen LogP contribution in [-0.2, 0) is 10.0 Å². The van der Waals surface area contributed by atoms with Crippen molar-refractivity contribution in [3.8, 4) is 0 Å². The third-order valence-electron chi connectivity index (χ3n) is 2.56. The lowest BCUT2D eigenvalue weighted by Crippen LogP contribution is -2.15. The molecule has 0 aliphatic carbocycles. The molecule has 1 aromatic heterocycles. The predicted molar refractivity (Wildman–Crippen MR) is 86.0 cm³/mol. The fraction of sp³-hybridized carbons (Fsp3) is 0.0833. The van der Waals surface area contributed by atoms with E-state index in [9.17, 15) is 8.42 Å². The maximum atomic E-state index is 12.3. The molecule has 0 radical (unpaired) electrons. The zero-order valence-corrected chi connectivity index (χ0v) is 14.4. The van der Waals surface area contributed by atoms with Crippen LogP contribution in [0.2, 0.25) is 0 Å². The van der Waals surface area contributed by atoms with Crippen molar-refractivity contribution in [2.75, 3.05) is 10.5 Å². The van der Waals surface area contributed by atoms with Crippen LogP contribution in [0.3, 0.4) is 0 Å². The first-order valence-corrected chi connectivity index (χ1v) is 8.55. The van der Waals surface area contributed by atoms with Gasteiger partial charge in [0.2, 0.25) is 0 Å². The maximum Gasteiger partial charge on any atom is 0.263 e. The van der Waals surface area contributed by atoms with Gasteiger partial charge < -0.3 is 5.73 Å². The molecule has 20 heavy (non-hydrogen) atoms. The molecule has 0 fully saturated rings. The zero-order chi connectivity index (χ0) is 14.9. The Kier molecular flexibility index (Phi) is 4.36. The van der Waals surface area contributed by atoms with Gasteiger partial charge in [0.15, 0.2) is 0 Å². The summed E-state index contributed by atoms with van der Waals surface area (Å²) >= 11 is 6.50. The van der Waals surface area contributed by atoms with Crippen molar-refractivity contribution in [3.05, 3.63) is 45.1 Å². The highest BCUT2D eigenvalue weighted by molar-refractivity contribution is 9.10. The lowest BCUT2D eigenvalue weighted by molar-refractivity contribution is 0.600. The minimum Gasteiger partial charge on any atom is -0.397 e. The van der Waals surface area contributed by atoms with Gasteiger partial charge >= 0.3 is 0 Å². The SMILES string of the molecule is Cc1cc(Br)cc(N)c1NS(=O)(=O)c1cncc(Br)c1. The number of benzene rings is 1. The minimum absolute atomic E-state index is 0.0635. The first kappa shape index (κ1) is 15.3. The number of hydrogen-bond acceptors (Lipinski definition) is 4. The summed E-state index contributed by atoms with van der Waals surface area (Å²) in [6.07, 6.45) is 2.79. The Labute approximate surface area is 133 Å². The lowest BCUT2D eigenvalue weighted by atomic mass is 10.2. The monoisotopic (exact) mass is 419 g/mol. The van der Waals surface area contributed by atoms with Crippen molar-refractivity contribution in [2.24, 2.45) is 0 Å². The smallest absolute Gasteiger partial charge is 0.263 e. The number of rotatable bonds is 3. The number of hydrogen-bond donors (Lipinski definition) is 2. The van der Waals surface area contributed by atoms with E-state index in [0.717, 1.165) is 10.0 Å². The van der Waals surface area contributed by atoms with Gasteiger partial charge in [0.25, 0.3) is 10.0 Å². The maximum absolute atomic E-state index is 12.3. The van der Waals surface area contributed by atoms with Crippen LogP contribution < -0.4 is 10.5 Å². The highest BCUT2D eigenvalue weighted by atomic mass is 79.9. The van der Waals surface area contributed by atoms with Crippen LogP contribution in [0, 0.1) is 6.92 Å². The Morgan fingerprint density at radius 1 is 1.15 bits per heavy atom. The van der Waals surface area contributed by atoms with E-state index in [1.165, 1.54) is 18.5 Å². The van der Waals surface area contributed by atoms with Crippen molar-refractivity contribution >= 4 is 53.3 Å². The van der Waals surface area contributed by atoms with Crippen LogP contribution in [-0.4, -0.2) is 13.4 Å². The number of anilines is 2. The molecule has 0 atom stereocenters. The number of nitrogens with two attached hydrogens (primary N) is 1. The van der Waals surface area contributed by atoms with Gasteiger partial charge in [-0.3, -0.25) is 9.71 Å². The molecule has 0 aliphatic rings. The molecule has 1 heterocycles. The molecule has 0 saturated carbocycles. The van der Waals surface area contributed by atoms with Crippen LogP contribution in [0.1, 0.15) is 5.56 Å². The summed E-state index contributed by atoms with van der Waals surface area (Å²) in [5, 5.41) is 0. The molecule has 5 nitrogen and oxygen atoms in total. The molecule has 8 heteroatoms. The van der Waals surface area contributed by atoms with Crippen LogP contribution in [0.25, 0.3) is 0 Å². The molecule has 2 aromatic rings. The average molecular weight is 421 g/mol. The lowest BCUT2D eigenvalue weighted by Gasteiger charge is -2.13. The molecule has 2 rings (SSSR count). The van der Waals surface area contributed by atoms with Crippen molar-refractivity contribution in [1.29, 1.82) is 0 Å². The summed E-state index contributed by atoms with van der Waals surface area (Å²) in [4.78, 5) is 3.91. The van der Waals surface area contributed by atoms with E-state index in [1.807, 2.05) is 0 Å². The van der Waals surface area contributed by atoms with Gasteiger partial charge in [0, 0.05) is 21.3 Å². The van der Waals surface area contributed by atoms with Crippen LogP contribution in [0.4, 0.5) is 11.4 Å². The van der Waals surface area contributed by atoms with E-state index in [2.05, 4.69) is 41.6 Å². The van der Waals surface area contributed by atoms with Gasteiger partial charge in [0.05, 0.1) is 11.4 Å². The molecule has 1 aromatic carbocycles. The number of aromatic nitrogens is 1. The van der Waals surface area contributed by atoms with Gasteiger partial charge in [-0.25, -0.2) is 8.42 Å². The number of nitrogens with zero attached hydrogens (tertiary/aromatic N) is 1. The summed E-state index contributed by atoms with van der Waals surface area (Å²) in [6, 6.07) is 4.90. The van der Waals surface area contributed by atoms with Gasteiger partial charge in [-0.05, 0) is 46.6 Å². The van der Waals surface area contributed by atoms with Gasteiger partial charge in [-0.15, -0.1) is 0 Å². The largest absolute Gasteiger partial charge is 0.397 e. The van der Waals surface area contributed by atoms with Gasteiger partial charge in [-0.2, -0.15) is 0 Å². The van der Waals surface area contributed by atoms with Gasteiger partial charge in [0.1, 0.15) is 4.90 Å². The summed E-state index contributed by atoms with van der Waals surface area (Å²) in [5.41, 5.74) is 7.30.